The van der Waals surface area contributed by atoms with E-state index in [1.165, 1.54) is 19.3 Å². The Labute approximate surface area is 137 Å². The molecule has 0 N–H and O–H groups in total. The summed E-state index contributed by atoms with van der Waals surface area (Å²) in [5.41, 5.74) is -0.206. The van der Waals surface area contributed by atoms with Gasteiger partial charge in [-0.25, -0.2) is 9.18 Å². The highest BCUT2D eigenvalue weighted by molar-refractivity contribution is 6.29. The van der Waals surface area contributed by atoms with Crippen LogP contribution in [0.5, 0.6) is 0 Å². The lowest BCUT2D eigenvalue weighted by atomic mass is 9.97. The largest absolute Gasteiger partial charge is 0.419 e. The van der Waals surface area contributed by atoms with Crippen LogP contribution in [0.4, 0.5) is 4.39 Å². The van der Waals surface area contributed by atoms with E-state index in [2.05, 4.69) is 0 Å². The summed E-state index contributed by atoms with van der Waals surface area (Å²) in [6.45, 7) is 0. The van der Waals surface area contributed by atoms with Crippen molar-refractivity contribution in [2.75, 3.05) is 14.1 Å². The zero-order valence-corrected chi connectivity index (χ0v) is 13.6. The molecule has 0 amide bonds. The number of aromatic nitrogens is 1. The van der Waals surface area contributed by atoms with Crippen LogP contribution in [0.2, 0.25) is 0 Å². The minimum atomic E-state index is -0.768. The number of hydrogen-bond donors (Lipinski definition) is 0. The molecule has 1 heterocycles. The number of halogens is 1. The highest BCUT2D eigenvalue weighted by Gasteiger charge is 2.35. The third-order valence-electron chi connectivity index (χ3n) is 3.97. The minimum Gasteiger partial charge on any atom is -0.407 e. The topological polar surface area (TPSA) is 72.5 Å². The maximum absolute atomic E-state index is 14.0. The number of Topliss-reactive ketones (excluding diaryl/α,β-unsaturated/α-hetero) is 2. The average molecular weight is 332 g/mol. The molecule has 126 valence electrons. The first-order valence-corrected chi connectivity index (χ1v) is 7.56. The summed E-state index contributed by atoms with van der Waals surface area (Å²) in [4.78, 5) is 38.6. The van der Waals surface area contributed by atoms with Crippen LogP contribution in [0.3, 0.4) is 0 Å². The van der Waals surface area contributed by atoms with Gasteiger partial charge in [-0.3, -0.25) is 14.2 Å². The van der Waals surface area contributed by atoms with E-state index in [-0.39, 0.29) is 33.9 Å². The molecule has 0 spiro atoms. The monoisotopic (exact) mass is 332 g/mol. The molecule has 0 saturated heterocycles. The number of hydrogen-bond acceptors (Lipinski definition) is 5. The Kier molecular flexibility index (Phi) is 3.87. The van der Waals surface area contributed by atoms with Gasteiger partial charge in [0.25, 0.3) is 0 Å². The highest BCUT2D eigenvalue weighted by atomic mass is 19.1. The summed E-state index contributed by atoms with van der Waals surface area (Å²) in [7, 11) is 4.77. The van der Waals surface area contributed by atoms with E-state index in [4.69, 9.17) is 4.42 Å². The van der Waals surface area contributed by atoms with Crippen molar-refractivity contribution in [2.24, 2.45) is 13.0 Å². The molecule has 0 bridgehead atoms. The van der Waals surface area contributed by atoms with Crippen molar-refractivity contribution in [1.82, 2.24) is 9.47 Å². The summed E-state index contributed by atoms with van der Waals surface area (Å²) < 4.78 is 20.0. The zero-order valence-electron chi connectivity index (χ0n) is 13.6. The standard InChI is InChI=1S/C17H17FN2O4/c1-19(2)8-11(14(21)9-4-5-9)15(22)10-6-7-12(18)13-16(10)24-17(23)20(13)3/h6-9H,4-5H2,1-3H3/b11-8+. The number of allylic oxidation sites excluding steroid dienone is 1. The fourth-order valence-corrected chi connectivity index (χ4v) is 2.59. The number of aryl methyl sites for hydroxylation is 1. The number of fused-ring (bicyclic) bond motifs is 1. The second kappa shape index (κ2) is 5.74. The molecule has 6 nitrogen and oxygen atoms in total. The predicted octanol–water partition coefficient (Wildman–Crippen LogP) is 1.88. The number of oxazole rings is 1. The Bertz CT molecular complexity index is 932. The second-order valence-electron chi connectivity index (χ2n) is 6.17. The summed E-state index contributed by atoms with van der Waals surface area (Å²) in [6.07, 6.45) is 2.98. The maximum Gasteiger partial charge on any atom is 0.419 e. The van der Waals surface area contributed by atoms with Crippen LogP contribution < -0.4 is 5.76 Å². The SMILES string of the molecule is CN(C)/C=C(/C(=O)c1ccc(F)c2c1oc(=O)n2C)C(=O)C1CC1. The fraction of sp³-hybridized carbons (Fsp3) is 0.353. The second-order valence-corrected chi connectivity index (χ2v) is 6.17. The molecule has 24 heavy (non-hydrogen) atoms. The molecule has 2 aromatic rings. The van der Waals surface area contributed by atoms with Crippen molar-refractivity contribution in [3.05, 3.63) is 45.8 Å². The first-order valence-electron chi connectivity index (χ1n) is 7.56. The maximum atomic E-state index is 14.0. The van der Waals surface area contributed by atoms with Gasteiger partial charge in [0, 0.05) is 33.3 Å². The van der Waals surface area contributed by atoms with Crippen LogP contribution in [-0.2, 0) is 11.8 Å². The first kappa shape index (κ1) is 16.2. The van der Waals surface area contributed by atoms with Gasteiger partial charge >= 0.3 is 5.76 Å². The number of carbonyl (C=O) groups excluding carboxylic acids is 2. The van der Waals surface area contributed by atoms with Gasteiger partial charge in [0.1, 0.15) is 5.52 Å². The summed E-state index contributed by atoms with van der Waals surface area (Å²) in [6, 6.07) is 2.34. The Hall–Kier alpha value is -2.70. The molecule has 1 aliphatic carbocycles. The van der Waals surface area contributed by atoms with Gasteiger partial charge in [0.05, 0.1) is 11.1 Å². The zero-order chi connectivity index (χ0) is 17.6. The smallest absolute Gasteiger partial charge is 0.407 e. The van der Waals surface area contributed by atoms with Crippen LogP contribution >= 0.6 is 0 Å². The Balaban J connectivity index is 2.16. The van der Waals surface area contributed by atoms with E-state index >= 15 is 0 Å². The van der Waals surface area contributed by atoms with Crippen LogP contribution in [-0.4, -0.2) is 35.1 Å². The summed E-state index contributed by atoms with van der Waals surface area (Å²) in [5, 5.41) is 0. The molecule has 1 saturated carbocycles. The van der Waals surface area contributed by atoms with Gasteiger partial charge in [0.2, 0.25) is 5.78 Å². The lowest BCUT2D eigenvalue weighted by molar-refractivity contribution is -0.116. The van der Waals surface area contributed by atoms with Crippen LogP contribution in [0.25, 0.3) is 11.1 Å². The van der Waals surface area contributed by atoms with Gasteiger partial charge < -0.3 is 9.32 Å². The van der Waals surface area contributed by atoms with Crippen molar-refractivity contribution in [1.29, 1.82) is 0 Å². The Morgan fingerprint density at radius 1 is 1.33 bits per heavy atom. The van der Waals surface area contributed by atoms with E-state index < -0.39 is 17.4 Å². The van der Waals surface area contributed by atoms with Crippen LogP contribution in [0.1, 0.15) is 23.2 Å². The van der Waals surface area contributed by atoms with Crippen molar-refractivity contribution in [2.45, 2.75) is 12.8 Å². The molecule has 7 heteroatoms. The molecular formula is C17H17FN2O4. The molecular weight excluding hydrogens is 315 g/mol. The van der Waals surface area contributed by atoms with Gasteiger partial charge in [0.15, 0.2) is 17.2 Å². The van der Waals surface area contributed by atoms with Crippen molar-refractivity contribution in [3.63, 3.8) is 0 Å². The lowest BCUT2D eigenvalue weighted by Crippen LogP contribution is -2.18. The number of ketones is 2. The van der Waals surface area contributed by atoms with E-state index in [9.17, 15) is 18.8 Å². The fourth-order valence-electron chi connectivity index (χ4n) is 2.59. The molecule has 3 rings (SSSR count). The Morgan fingerprint density at radius 2 is 2.00 bits per heavy atom. The molecule has 0 unspecified atom stereocenters. The Morgan fingerprint density at radius 3 is 2.58 bits per heavy atom. The van der Waals surface area contributed by atoms with Crippen molar-refractivity contribution >= 4 is 22.7 Å². The number of benzene rings is 1. The summed E-state index contributed by atoms with van der Waals surface area (Å²) >= 11 is 0. The number of carbonyl (C=O) groups is 2. The molecule has 1 fully saturated rings. The molecule has 1 aromatic heterocycles. The van der Waals surface area contributed by atoms with E-state index in [0.29, 0.717) is 0 Å². The first-order chi connectivity index (χ1) is 11.3. The predicted molar refractivity (Wildman–Crippen MR) is 85.2 cm³/mol. The van der Waals surface area contributed by atoms with Gasteiger partial charge in [-0.05, 0) is 25.0 Å². The average Bonchev–Trinajstić information content (AvgIpc) is 3.31. The minimum absolute atomic E-state index is 0.00574. The van der Waals surface area contributed by atoms with Crippen LogP contribution in [0.15, 0.2) is 33.1 Å². The quantitative estimate of drug-likeness (QED) is 0.362. The van der Waals surface area contributed by atoms with Crippen LogP contribution in [0, 0.1) is 11.7 Å². The normalized spacial score (nSPS) is 14.9. The molecule has 1 aliphatic rings. The van der Waals surface area contributed by atoms with Gasteiger partial charge in [-0.2, -0.15) is 0 Å². The van der Waals surface area contributed by atoms with E-state index in [0.717, 1.165) is 23.5 Å². The summed E-state index contributed by atoms with van der Waals surface area (Å²) in [5.74, 6) is -2.37. The van der Waals surface area contributed by atoms with Gasteiger partial charge in [-0.15, -0.1) is 0 Å². The molecule has 0 aliphatic heterocycles. The van der Waals surface area contributed by atoms with Crippen molar-refractivity contribution in [3.8, 4) is 0 Å². The lowest BCUT2D eigenvalue weighted by Gasteiger charge is -2.11. The third kappa shape index (κ3) is 2.66. The van der Waals surface area contributed by atoms with E-state index in [1.807, 2.05) is 0 Å². The number of rotatable bonds is 5. The van der Waals surface area contributed by atoms with Crippen molar-refractivity contribution < 1.29 is 18.4 Å². The number of nitrogens with zero attached hydrogens (tertiary/aromatic N) is 2. The van der Waals surface area contributed by atoms with Gasteiger partial charge in [-0.1, -0.05) is 0 Å². The highest BCUT2D eigenvalue weighted by Crippen LogP contribution is 2.34. The third-order valence-corrected chi connectivity index (χ3v) is 3.97. The van der Waals surface area contributed by atoms with E-state index in [1.54, 1.807) is 19.0 Å². The molecule has 1 aromatic carbocycles. The molecule has 0 radical (unpaired) electrons. The molecule has 0 atom stereocenters.